The van der Waals surface area contributed by atoms with Gasteiger partial charge in [-0.25, -0.2) is 0 Å². The molecular weight excluding hydrogens is 331 g/mol. The molecule has 0 spiro atoms. The van der Waals surface area contributed by atoms with E-state index >= 15 is 0 Å². The molecule has 0 amide bonds. The SMILES string of the molecule is O=[N+]([O-])c1ccc(C=Cc2c(Cl)cccc2Cl)c([N+](=O)[O-])c1. The summed E-state index contributed by atoms with van der Waals surface area (Å²) >= 11 is 12.0. The van der Waals surface area contributed by atoms with Crippen LogP contribution in [-0.2, 0) is 0 Å². The number of hydrogen-bond acceptors (Lipinski definition) is 4. The second-order valence-corrected chi connectivity index (χ2v) is 5.04. The van der Waals surface area contributed by atoms with E-state index < -0.39 is 9.85 Å². The molecule has 0 aromatic heterocycles. The highest BCUT2D eigenvalue weighted by Crippen LogP contribution is 2.29. The van der Waals surface area contributed by atoms with Crippen LogP contribution in [0.5, 0.6) is 0 Å². The van der Waals surface area contributed by atoms with E-state index in [1.807, 2.05) is 0 Å². The van der Waals surface area contributed by atoms with Gasteiger partial charge in [0.25, 0.3) is 11.4 Å². The Balaban J connectivity index is 2.47. The first-order valence-electron chi connectivity index (χ1n) is 5.95. The molecule has 0 aliphatic rings. The number of nitro groups is 2. The molecule has 0 saturated heterocycles. The predicted octanol–water partition coefficient (Wildman–Crippen LogP) is 4.98. The summed E-state index contributed by atoms with van der Waals surface area (Å²) in [6.07, 6.45) is 2.97. The molecular formula is C14H8Cl2N2O4. The van der Waals surface area contributed by atoms with Crippen molar-refractivity contribution >= 4 is 46.7 Å². The minimum atomic E-state index is -0.689. The standard InChI is InChI=1S/C14H8Cl2N2O4/c15-12-2-1-3-13(16)11(12)7-5-9-4-6-10(17(19)20)8-14(9)18(21)22/h1-8H. The summed E-state index contributed by atoms with van der Waals surface area (Å²) < 4.78 is 0. The molecule has 2 rings (SSSR count). The summed E-state index contributed by atoms with van der Waals surface area (Å²) in [5.74, 6) is 0. The van der Waals surface area contributed by atoms with Crippen LogP contribution in [-0.4, -0.2) is 9.85 Å². The minimum Gasteiger partial charge on any atom is -0.258 e. The zero-order chi connectivity index (χ0) is 16.3. The maximum atomic E-state index is 11.0. The molecule has 8 heteroatoms. The van der Waals surface area contributed by atoms with Gasteiger partial charge in [0.15, 0.2) is 0 Å². The van der Waals surface area contributed by atoms with Gasteiger partial charge in [0.2, 0.25) is 0 Å². The van der Waals surface area contributed by atoms with E-state index in [0.29, 0.717) is 15.6 Å². The Kier molecular flexibility index (Phi) is 4.75. The Labute approximate surface area is 134 Å². The average molecular weight is 339 g/mol. The molecule has 0 aliphatic heterocycles. The van der Waals surface area contributed by atoms with E-state index in [-0.39, 0.29) is 16.9 Å². The third-order valence-electron chi connectivity index (χ3n) is 2.85. The highest BCUT2D eigenvalue weighted by atomic mass is 35.5. The fraction of sp³-hybridized carbons (Fsp3) is 0. The first kappa shape index (κ1) is 15.9. The van der Waals surface area contributed by atoms with Gasteiger partial charge in [-0.1, -0.05) is 35.3 Å². The van der Waals surface area contributed by atoms with Gasteiger partial charge in [-0.05, 0) is 24.3 Å². The van der Waals surface area contributed by atoms with Crippen LogP contribution in [0.1, 0.15) is 11.1 Å². The van der Waals surface area contributed by atoms with Crippen LogP contribution in [0.15, 0.2) is 36.4 Å². The molecule has 0 saturated carbocycles. The monoisotopic (exact) mass is 338 g/mol. The minimum absolute atomic E-state index is 0.214. The van der Waals surface area contributed by atoms with Crippen molar-refractivity contribution in [3.05, 3.63) is 77.8 Å². The Morgan fingerprint density at radius 3 is 2.09 bits per heavy atom. The quantitative estimate of drug-likeness (QED) is 0.446. The molecule has 0 atom stereocenters. The zero-order valence-corrected chi connectivity index (χ0v) is 12.4. The lowest BCUT2D eigenvalue weighted by Gasteiger charge is -2.01. The highest BCUT2D eigenvalue weighted by Gasteiger charge is 2.17. The third kappa shape index (κ3) is 3.41. The first-order valence-corrected chi connectivity index (χ1v) is 6.70. The fourth-order valence-electron chi connectivity index (χ4n) is 1.79. The van der Waals surface area contributed by atoms with Crippen LogP contribution < -0.4 is 0 Å². The molecule has 0 N–H and O–H groups in total. The summed E-state index contributed by atoms with van der Waals surface area (Å²) in [7, 11) is 0. The molecule has 6 nitrogen and oxygen atoms in total. The third-order valence-corrected chi connectivity index (χ3v) is 3.51. The van der Waals surface area contributed by atoms with Gasteiger partial charge in [0.05, 0.1) is 21.5 Å². The van der Waals surface area contributed by atoms with Crippen molar-refractivity contribution < 1.29 is 9.85 Å². The summed E-state index contributed by atoms with van der Waals surface area (Å²) in [4.78, 5) is 20.4. The molecule has 112 valence electrons. The lowest BCUT2D eigenvalue weighted by atomic mass is 10.1. The van der Waals surface area contributed by atoms with E-state index in [9.17, 15) is 20.2 Å². The van der Waals surface area contributed by atoms with Gasteiger partial charge in [0, 0.05) is 21.7 Å². The van der Waals surface area contributed by atoms with Gasteiger partial charge < -0.3 is 0 Å². The van der Waals surface area contributed by atoms with Crippen molar-refractivity contribution in [1.82, 2.24) is 0 Å². The number of nitrogens with zero attached hydrogens (tertiary/aromatic N) is 2. The van der Waals surface area contributed by atoms with Gasteiger partial charge in [-0.2, -0.15) is 0 Å². The van der Waals surface area contributed by atoms with Gasteiger partial charge >= 0.3 is 0 Å². The second kappa shape index (κ2) is 6.55. The van der Waals surface area contributed by atoms with Crippen molar-refractivity contribution in [3.8, 4) is 0 Å². The Morgan fingerprint density at radius 1 is 0.909 bits per heavy atom. The summed E-state index contributed by atoms with van der Waals surface area (Å²) in [6, 6.07) is 8.36. The van der Waals surface area contributed by atoms with Gasteiger partial charge in [0.1, 0.15) is 0 Å². The topological polar surface area (TPSA) is 86.3 Å². The number of nitro benzene ring substituents is 2. The van der Waals surface area contributed by atoms with Crippen molar-refractivity contribution in [3.63, 3.8) is 0 Å². The van der Waals surface area contributed by atoms with Crippen LogP contribution in [0, 0.1) is 20.2 Å². The number of rotatable bonds is 4. The first-order chi connectivity index (χ1) is 10.4. The number of hydrogen-bond donors (Lipinski definition) is 0. The number of benzene rings is 2. The van der Waals surface area contributed by atoms with Crippen LogP contribution in [0.3, 0.4) is 0 Å². The molecule has 0 heterocycles. The Hall–Kier alpha value is -2.44. The smallest absolute Gasteiger partial charge is 0.258 e. The Bertz CT molecular complexity index is 770. The number of halogens is 2. The van der Waals surface area contributed by atoms with Crippen molar-refractivity contribution in [2.75, 3.05) is 0 Å². The van der Waals surface area contributed by atoms with Crippen molar-refractivity contribution in [1.29, 1.82) is 0 Å². The molecule has 0 bridgehead atoms. The van der Waals surface area contributed by atoms with Crippen LogP contribution in [0.4, 0.5) is 11.4 Å². The van der Waals surface area contributed by atoms with Gasteiger partial charge in [-0.3, -0.25) is 20.2 Å². The largest absolute Gasteiger partial charge is 0.283 e. The molecule has 0 radical (unpaired) electrons. The fourth-order valence-corrected chi connectivity index (χ4v) is 2.31. The average Bonchev–Trinajstić information content (AvgIpc) is 2.46. The van der Waals surface area contributed by atoms with E-state index in [1.54, 1.807) is 18.2 Å². The molecule has 2 aromatic rings. The molecule has 0 aliphatic carbocycles. The molecule has 2 aromatic carbocycles. The van der Waals surface area contributed by atoms with E-state index in [0.717, 1.165) is 6.07 Å². The van der Waals surface area contributed by atoms with Crippen LogP contribution >= 0.6 is 23.2 Å². The molecule has 22 heavy (non-hydrogen) atoms. The van der Waals surface area contributed by atoms with Crippen LogP contribution in [0.25, 0.3) is 12.2 Å². The summed E-state index contributed by atoms with van der Waals surface area (Å²) in [5, 5.41) is 22.5. The van der Waals surface area contributed by atoms with Crippen molar-refractivity contribution in [2.45, 2.75) is 0 Å². The summed E-state index contributed by atoms with van der Waals surface area (Å²) in [6.45, 7) is 0. The Morgan fingerprint density at radius 2 is 1.55 bits per heavy atom. The lowest BCUT2D eigenvalue weighted by molar-refractivity contribution is -0.394. The van der Waals surface area contributed by atoms with E-state index in [4.69, 9.17) is 23.2 Å². The molecule has 0 fully saturated rings. The van der Waals surface area contributed by atoms with Gasteiger partial charge in [-0.15, -0.1) is 0 Å². The lowest BCUT2D eigenvalue weighted by Crippen LogP contribution is -1.94. The predicted molar refractivity (Wildman–Crippen MR) is 85.1 cm³/mol. The normalized spacial score (nSPS) is 10.8. The van der Waals surface area contributed by atoms with Crippen molar-refractivity contribution in [2.24, 2.45) is 0 Å². The second-order valence-electron chi connectivity index (χ2n) is 4.23. The molecule has 0 unspecified atom stereocenters. The zero-order valence-electron chi connectivity index (χ0n) is 10.9. The van der Waals surface area contributed by atoms with E-state index in [1.165, 1.54) is 24.3 Å². The van der Waals surface area contributed by atoms with E-state index in [2.05, 4.69) is 0 Å². The maximum Gasteiger partial charge on any atom is 0.283 e. The number of non-ortho nitro benzene ring substituents is 1. The van der Waals surface area contributed by atoms with Crippen LogP contribution in [0.2, 0.25) is 10.0 Å². The highest BCUT2D eigenvalue weighted by molar-refractivity contribution is 6.37. The summed E-state index contributed by atoms with van der Waals surface area (Å²) in [5.41, 5.74) is 0.0123. The maximum absolute atomic E-state index is 11.0.